The molecule has 0 radical (unpaired) electrons. The zero-order valence-electron chi connectivity index (χ0n) is 13.4. The predicted octanol–water partition coefficient (Wildman–Crippen LogP) is 1.20. The number of para-hydroxylation sites is 1. The second kappa shape index (κ2) is 8.29. The highest BCUT2D eigenvalue weighted by molar-refractivity contribution is 5.93. The van der Waals surface area contributed by atoms with Crippen molar-refractivity contribution in [3.8, 4) is 0 Å². The van der Waals surface area contributed by atoms with Gasteiger partial charge in [-0.2, -0.15) is 0 Å². The highest BCUT2D eigenvalue weighted by atomic mass is 19.1. The summed E-state index contributed by atoms with van der Waals surface area (Å²) in [6, 6.07) is 8.65. The molecule has 0 heterocycles. The molecule has 25 heavy (non-hydrogen) atoms. The van der Waals surface area contributed by atoms with Gasteiger partial charge in [0.1, 0.15) is 23.1 Å². The molecule has 0 saturated carbocycles. The molecule has 0 aliphatic carbocycles. The van der Waals surface area contributed by atoms with E-state index in [0.29, 0.717) is 10.6 Å². The van der Waals surface area contributed by atoms with Gasteiger partial charge < -0.3 is 15.5 Å². The second-order valence-corrected chi connectivity index (χ2v) is 5.51. The molecular formula is C17H17F3N3O2+. The third kappa shape index (κ3) is 5.61. The lowest BCUT2D eigenvalue weighted by Gasteiger charge is -2.14. The van der Waals surface area contributed by atoms with E-state index < -0.39 is 35.0 Å². The molecular weight excluding hydrogens is 335 g/mol. The van der Waals surface area contributed by atoms with Crippen LogP contribution in [0.2, 0.25) is 0 Å². The molecule has 0 spiro atoms. The first-order valence-electron chi connectivity index (χ1n) is 7.45. The Bertz CT molecular complexity index is 763. The summed E-state index contributed by atoms with van der Waals surface area (Å²) in [5.74, 6) is -3.30. The van der Waals surface area contributed by atoms with Crippen molar-refractivity contribution in [2.75, 3.05) is 30.8 Å². The number of quaternary nitrogens is 1. The maximum atomic E-state index is 13.5. The zero-order valence-corrected chi connectivity index (χ0v) is 13.4. The Balaban J connectivity index is 1.86. The number of hydrogen-bond acceptors (Lipinski definition) is 2. The molecule has 8 heteroatoms. The van der Waals surface area contributed by atoms with E-state index in [4.69, 9.17) is 0 Å². The monoisotopic (exact) mass is 352 g/mol. The van der Waals surface area contributed by atoms with E-state index in [0.717, 1.165) is 12.1 Å². The van der Waals surface area contributed by atoms with Crippen LogP contribution in [0.15, 0.2) is 42.5 Å². The Morgan fingerprint density at radius 1 is 0.920 bits per heavy atom. The van der Waals surface area contributed by atoms with Crippen molar-refractivity contribution in [2.24, 2.45) is 0 Å². The van der Waals surface area contributed by atoms with Crippen LogP contribution in [0.4, 0.5) is 24.5 Å². The largest absolute Gasteiger partial charge is 0.322 e. The van der Waals surface area contributed by atoms with Crippen LogP contribution in [0.3, 0.4) is 0 Å². The standard InChI is InChI=1S/C17H16F3N3O2/c1-23(9-15(24)21-12-5-2-4-11(18)8-12)10-16(25)22-17-13(19)6-3-7-14(17)20/h2-8H,9-10H2,1H3,(H,21,24)(H,22,25)/p+1. The average Bonchev–Trinajstić information content (AvgIpc) is 2.50. The summed E-state index contributed by atoms with van der Waals surface area (Å²) in [5, 5.41) is 4.65. The van der Waals surface area contributed by atoms with Gasteiger partial charge in [0, 0.05) is 5.69 Å². The molecule has 2 rings (SSSR count). The SMILES string of the molecule is C[NH+](CC(=O)Nc1cccc(F)c1)CC(=O)Nc1c(F)cccc1F. The fourth-order valence-corrected chi connectivity index (χ4v) is 2.18. The van der Waals surface area contributed by atoms with Gasteiger partial charge in [-0.25, -0.2) is 13.2 Å². The Kier molecular flexibility index (Phi) is 6.13. The Labute approximate surface area is 142 Å². The van der Waals surface area contributed by atoms with Crippen molar-refractivity contribution >= 4 is 23.2 Å². The molecule has 5 nitrogen and oxygen atoms in total. The van der Waals surface area contributed by atoms with Crippen LogP contribution in [0.5, 0.6) is 0 Å². The summed E-state index contributed by atoms with van der Waals surface area (Å²) in [4.78, 5) is 24.2. The van der Waals surface area contributed by atoms with E-state index in [1.165, 1.54) is 30.3 Å². The smallest absolute Gasteiger partial charge is 0.279 e. The minimum atomic E-state index is -0.880. The summed E-state index contributed by atoms with van der Waals surface area (Å²) in [6.45, 7) is -0.256. The molecule has 1 unspecified atom stereocenters. The molecule has 1 atom stereocenters. The number of carbonyl (C=O) groups is 2. The van der Waals surface area contributed by atoms with E-state index in [1.807, 2.05) is 0 Å². The fourth-order valence-electron chi connectivity index (χ4n) is 2.18. The lowest BCUT2D eigenvalue weighted by molar-refractivity contribution is -0.862. The van der Waals surface area contributed by atoms with Crippen LogP contribution in [-0.2, 0) is 9.59 Å². The first-order chi connectivity index (χ1) is 11.8. The quantitative estimate of drug-likeness (QED) is 0.732. The summed E-state index contributed by atoms with van der Waals surface area (Å²) in [5.41, 5.74) is -0.222. The third-order valence-corrected chi connectivity index (χ3v) is 3.26. The minimum Gasteiger partial charge on any atom is -0.322 e. The van der Waals surface area contributed by atoms with Gasteiger partial charge in [-0.1, -0.05) is 12.1 Å². The molecule has 2 amide bonds. The Hall–Kier alpha value is -2.87. The van der Waals surface area contributed by atoms with E-state index in [9.17, 15) is 22.8 Å². The van der Waals surface area contributed by atoms with Gasteiger partial charge in [0.2, 0.25) is 0 Å². The summed E-state index contributed by atoms with van der Waals surface area (Å²) in [6.07, 6.45) is 0. The normalized spacial score (nSPS) is 11.7. The van der Waals surface area contributed by atoms with E-state index in [2.05, 4.69) is 10.6 Å². The average molecular weight is 352 g/mol. The van der Waals surface area contributed by atoms with Crippen LogP contribution in [-0.4, -0.2) is 32.0 Å². The fraction of sp³-hybridized carbons (Fsp3) is 0.176. The van der Waals surface area contributed by atoms with Gasteiger partial charge in [-0.3, -0.25) is 9.59 Å². The van der Waals surface area contributed by atoms with Gasteiger partial charge in [0.25, 0.3) is 11.8 Å². The van der Waals surface area contributed by atoms with Crippen molar-refractivity contribution in [1.82, 2.24) is 0 Å². The van der Waals surface area contributed by atoms with Gasteiger partial charge in [-0.15, -0.1) is 0 Å². The Morgan fingerprint density at radius 2 is 1.48 bits per heavy atom. The van der Waals surface area contributed by atoms with E-state index in [-0.39, 0.29) is 13.1 Å². The van der Waals surface area contributed by atoms with E-state index >= 15 is 0 Å². The number of amides is 2. The van der Waals surface area contributed by atoms with Crippen LogP contribution in [0.1, 0.15) is 0 Å². The highest BCUT2D eigenvalue weighted by Gasteiger charge is 2.17. The molecule has 0 saturated heterocycles. The summed E-state index contributed by atoms with van der Waals surface area (Å²) >= 11 is 0. The number of benzene rings is 2. The van der Waals surface area contributed by atoms with Crippen molar-refractivity contribution in [3.63, 3.8) is 0 Å². The van der Waals surface area contributed by atoms with Crippen LogP contribution in [0.25, 0.3) is 0 Å². The van der Waals surface area contributed by atoms with Crippen molar-refractivity contribution in [1.29, 1.82) is 0 Å². The topological polar surface area (TPSA) is 62.6 Å². The number of likely N-dealkylation sites (N-methyl/N-ethyl adjacent to an activating group) is 1. The number of halogens is 3. The molecule has 132 valence electrons. The molecule has 2 aromatic rings. The number of hydrogen-bond donors (Lipinski definition) is 3. The van der Waals surface area contributed by atoms with Crippen LogP contribution in [0, 0.1) is 17.5 Å². The highest BCUT2D eigenvalue weighted by Crippen LogP contribution is 2.17. The van der Waals surface area contributed by atoms with Gasteiger partial charge in [0.05, 0.1) is 7.05 Å². The predicted molar refractivity (Wildman–Crippen MR) is 86.6 cm³/mol. The first-order valence-corrected chi connectivity index (χ1v) is 7.45. The summed E-state index contributed by atoms with van der Waals surface area (Å²) < 4.78 is 40.0. The summed E-state index contributed by atoms with van der Waals surface area (Å²) in [7, 11) is 1.57. The van der Waals surface area contributed by atoms with Crippen LogP contribution >= 0.6 is 0 Å². The number of anilines is 2. The molecule has 0 aromatic heterocycles. The van der Waals surface area contributed by atoms with Crippen molar-refractivity contribution in [3.05, 3.63) is 59.9 Å². The maximum Gasteiger partial charge on any atom is 0.279 e. The van der Waals surface area contributed by atoms with Gasteiger partial charge in [0.15, 0.2) is 13.1 Å². The molecule has 0 bridgehead atoms. The maximum absolute atomic E-state index is 13.5. The van der Waals surface area contributed by atoms with E-state index in [1.54, 1.807) is 7.05 Å². The number of rotatable bonds is 6. The lowest BCUT2D eigenvalue weighted by Crippen LogP contribution is -3.11. The molecule has 0 aliphatic heterocycles. The van der Waals surface area contributed by atoms with Crippen molar-refractivity contribution in [2.45, 2.75) is 0 Å². The third-order valence-electron chi connectivity index (χ3n) is 3.26. The lowest BCUT2D eigenvalue weighted by atomic mass is 10.3. The Morgan fingerprint density at radius 3 is 2.08 bits per heavy atom. The molecule has 2 aromatic carbocycles. The minimum absolute atomic E-state index is 0.0797. The van der Waals surface area contributed by atoms with Crippen molar-refractivity contribution < 1.29 is 27.7 Å². The first kappa shape index (κ1) is 18.5. The zero-order chi connectivity index (χ0) is 18.4. The number of carbonyl (C=O) groups excluding carboxylic acids is 2. The van der Waals surface area contributed by atoms with Crippen LogP contribution < -0.4 is 15.5 Å². The number of nitrogens with one attached hydrogen (secondary N) is 3. The second-order valence-electron chi connectivity index (χ2n) is 5.51. The molecule has 0 fully saturated rings. The molecule has 0 aliphatic rings. The van der Waals surface area contributed by atoms with Gasteiger partial charge >= 0.3 is 0 Å². The van der Waals surface area contributed by atoms with Gasteiger partial charge in [-0.05, 0) is 30.3 Å². The molecule has 3 N–H and O–H groups in total.